The summed E-state index contributed by atoms with van der Waals surface area (Å²) >= 11 is 3.46. The number of amides is 1. The van der Waals surface area contributed by atoms with Gasteiger partial charge in [0.2, 0.25) is 0 Å². The second-order valence-electron chi connectivity index (χ2n) is 9.81. The largest absolute Gasteiger partial charge is 0.444 e. The number of ether oxygens (including phenoxy) is 1. The molecule has 0 aliphatic heterocycles. The summed E-state index contributed by atoms with van der Waals surface area (Å²) in [6.07, 6.45) is 1.36. The molecule has 6 heteroatoms. The Hall–Kier alpha value is -0.853. The van der Waals surface area contributed by atoms with Gasteiger partial charge in [-0.25, -0.2) is 4.79 Å². The van der Waals surface area contributed by atoms with Gasteiger partial charge in [-0.15, -0.1) is 0 Å². The van der Waals surface area contributed by atoms with Crippen LogP contribution < -0.4 is 0 Å². The number of hydrogen-bond donors (Lipinski definition) is 0. The van der Waals surface area contributed by atoms with E-state index >= 15 is 0 Å². The van der Waals surface area contributed by atoms with Crippen LogP contribution in [0.4, 0.5) is 4.79 Å². The Morgan fingerprint density at radius 2 is 1.61 bits per heavy atom. The zero-order valence-corrected chi connectivity index (χ0v) is 21.5. The van der Waals surface area contributed by atoms with E-state index in [-0.39, 0.29) is 11.1 Å². The molecule has 0 bridgehead atoms. The standard InChI is InChI=1S/C22H38BrNO3Si/c1-21(2,3)27-20(25)24(16-14-18-10-12-19(23)13-11-18)15-9-17-26-28(7,8)22(4,5)6/h10-13H,9,14-17H2,1-8H3. The van der Waals surface area contributed by atoms with Crippen LogP contribution >= 0.6 is 15.9 Å². The van der Waals surface area contributed by atoms with Gasteiger partial charge in [-0.3, -0.25) is 0 Å². The van der Waals surface area contributed by atoms with E-state index in [0.717, 1.165) is 17.3 Å². The SMILES string of the molecule is CC(C)(C)OC(=O)N(CCCO[Si](C)(C)C(C)(C)C)CCc1ccc(Br)cc1. The minimum atomic E-state index is -1.76. The molecule has 1 rings (SSSR count). The van der Waals surface area contributed by atoms with Crippen molar-refractivity contribution in [1.82, 2.24) is 4.90 Å². The predicted octanol–water partition coefficient (Wildman–Crippen LogP) is 6.64. The Morgan fingerprint density at radius 1 is 1.04 bits per heavy atom. The van der Waals surface area contributed by atoms with E-state index in [0.29, 0.717) is 19.7 Å². The topological polar surface area (TPSA) is 38.8 Å². The van der Waals surface area contributed by atoms with Crippen molar-refractivity contribution in [3.8, 4) is 0 Å². The Bertz CT molecular complexity index is 618. The number of nitrogens with zero attached hydrogens (tertiary/aromatic N) is 1. The quantitative estimate of drug-likeness (QED) is 0.314. The number of rotatable bonds is 8. The summed E-state index contributed by atoms with van der Waals surface area (Å²) in [6.45, 7) is 18.9. The molecule has 0 aliphatic carbocycles. The van der Waals surface area contributed by atoms with E-state index in [1.165, 1.54) is 5.56 Å². The minimum absolute atomic E-state index is 0.194. The monoisotopic (exact) mass is 471 g/mol. The van der Waals surface area contributed by atoms with Crippen molar-refractivity contribution in [1.29, 1.82) is 0 Å². The molecular weight excluding hydrogens is 434 g/mol. The third-order valence-corrected chi connectivity index (χ3v) is 10.1. The van der Waals surface area contributed by atoms with Crippen molar-refractivity contribution in [3.63, 3.8) is 0 Å². The van der Waals surface area contributed by atoms with Crippen molar-refractivity contribution < 1.29 is 14.0 Å². The molecule has 1 amide bonds. The van der Waals surface area contributed by atoms with Crippen LogP contribution in [-0.4, -0.2) is 44.6 Å². The van der Waals surface area contributed by atoms with Gasteiger partial charge in [-0.2, -0.15) is 0 Å². The minimum Gasteiger partial charge on any atom is -0.444 e. The van der Waals surface area contributed by atoms with Crippen molar-refractivity contribution in [3.05, 3.63) is 34.3 Å². The predicted molar refractivity (Wildman–Crippen MR) is 123 cm³/mol. The van der Waals surface area contributed by atoms with Crippen LogP contribution in [0.2, 0.25) is 18.1 Å². The summed E-state index contributed by atoms with van der Waals surface area (Å²) in [6, 6.07) is 8.22. The highest BCUT2D eigenvalue weighted by molar-refractivity contribution is 9.10. The molecule has 1 aromatic rings. The number of carbonyl (C=O) groups excluding carboxylic acids is 1. The molecule has 0 aliphatic rings. The number of carbonyl (C=O) groups is 1. The maximum Gasteiger partial charge on any atom is 0.410 e. The highest BCUT2D eigenvalue weighted by atomic mass is 79.9. The van der Waals surface area contributed by atoms with Crippen LogP contribution in [0.3, 0.4) is 0 Å². The van der Waals surface area contributed by atoms with Gasteiger partial charge in [-0.05, 0) is 69.4 Å². The highest BCUT2D eigenvalue weighted by Crippen LogP contribution is 2.36. The van der Waals surface area contributed by atoms with Gasteiger partial charge in [0.15, 0.2) is 8.32 Å². The van der Waals surface area contributed by atoms with E-state index in [1.54, 1.807) is 0 Å². The Kier molecular flexibility index (Phi) is 9.23. The first-order chi connectivity index (χ1) is 12.7. The second kappa shape index (κ2) is 10.3. The van der Waals surface area contributed by atoms with E-state index in [4.69, 9.17) is 9.16 Å². The van der Waals surface area contributed by atoms with E-state index < -0.39 is 13.9 Å². The number of halogens is 1. The van der Waals surface area contributed by atoms with Crippen molar-refractivity contribution in [2.24, 2.45) is 0 Å². The summed E-state index contributed by atoms with van der Waals surface area (Å²) in [5.41, 5.74) is 0.708. The van der Waals surface area contributed by atoms with E-state index in [9.17, 15) is 4.79 Å². The van der Waals surface area contributed by atoms with Gasteiger partial charge in [0.25, 0.3) is 0 Å². The molecule has 0 fully saturated rings. The Morgan fingerprint density at radius 3 is 2.11 bits per heavy atom. The fourth-order valence-electron chi connectivity index (χ4n) is 2.34. The zero-order chi connectivity index (χ0) is 21.6. The Labute approximate surface area is 181 Å². The first-order valence-corrected chi connectivity index (χ1v) is 13.8. The smallest absolute Gasteiger partial charge is 0.410 e. The number of benzene rings is 1. The highest BCUT2D eigenvalue weighted by Gasteiger charge is 2.36. The lowest BCUT2D eigenvalue weighted by molar-refractivity contribution is 0.0243. The molecule has 0 radical (unpaired) electrons. The molecule has 4 nitrogen and oxygen atoms in total. The molecule has 1 aromatic carbocycles. The van der Waals surface area contributed by atoms with Crippen molar-refractivity contribution >= 4 is 30.3 Å². The molecule has 0 N–H and O–H groups in total. The molecule has 0 spiro atoms. The van der Waals surface area contributed by atoms with Crippen molar-refractivity contribution in [2.45, 2.75) is 78.1 Å². The summed E-state index contributed by atoms with van der Waals surface area (Å²) in [4.78, 5) is 14.5. The lowest BCUT2D eigenvalue weighted by Gasteiger charge is -2.36. The Balaban J connectivity index is 2.65. The molecule has 0 saturated carbocycles. The third kappa shape index (κ3) is 9.10. The van der Waals surface area contributed by atoms with Gasteiger partial charge >= 0.3 is 6.09 Å². The van der Waals surface area contributed by atoms with Crippen LogP contribution in [0.1, 0.15) is 53.5 Å². The summed E-state index contributed by atoms with van der Waals surface area (Å²) in [5.74, 6) is 0. The van der Waals surface area contributed by atoms with Gasteiger partial charge < -0.3 is 14.1 Å². The van der Waals surface area contributed by atoms with Crippen LogP contribution in [0.25, 0.3) is 0 Å². The van der Waals surface area contributed by atoms with Crippen LogP contribution in [0.15, 0.2) is 28.7 Å². The maximum atomic E-state index is 12.6. The first-order valence-electron chi connectivity index (χ1n) is 10.1. The van der Waals surface area contributed by atoms with Crippen molar-refractivity contribution in [2.75, 3.05) is 19.7 Å². The fraction of sp³-hybridized carbons (Fsp3) is 0.682. The summed E-state index contributed by atoms with van der Waals surface area (Å²) < 4.78 is 12.9. The van der Waals surface area contributed by atoms with Crippen LogP contribution in [-0.2, 0) is 15.6 Å². The van der Waals surface area contributed by atoms with Gasteiger partial charge in [0, 0.05) is 24.2 Å². The lowest BCUT2D eigenvalue weighted by Crippen LogP contribution is -2.42. The molecule has 28 heavy (non-hydrogen) atoms. The zero-order valence-electron chi connectivity index (χ0n) is 18.9. The molecule has 0 heterocycles. The van der Waals surface area contributed by atoms with Gasteiger partial charge in [0.05, 0.1) is 0 Å². The lowest BCUT2D eigenvalue weighted by atomic mass is 10.1. The molecule has 0 unspecified atom stereocenters. The van der Waals surface area contributed by atoms with Gasteiger partial charge in [0.1, 0.15) is 5.60 Å². The summed E-state index contributed by atoms with van der Waals surface area (Å²) in [7, 11) is -1.76. The van der Waals surface area contributed by atoms with Crippen LogP contribution in [0.5, 0.6) is 0 Å². The second-order valence-corrected chi connectivity index (χ2v) is 15.5. The average Bonchev–Trinajstić information content (AvgIpc) is 2.52. The van der Waals surface area contributed by atoms with Crippen LogP contribution in [0, 0.1) is 0 Å². The first kappa shape index (κ1) is 25.2. The van der Waals surface area contributed by atoms with Gasteiger partial charge in [-0.1, -0.05) is 48.8 Å². The maximum absolute atomic E-state index is 12.6. The molecule has 160 valence electrons. The fourth-order valence-corrected chi connectivity index (χ4v) is 3.69. The average molecular weight is 473 g/mol. The third-order valence-electron chi connectivity index (χ3n) is 5.08. The molecule has 0 saturated heterocycles. The normalized spacial score (nSPS) is 12.8. The molecular formula is C22H38BrNO3Si. The molecule has 0 aromatic heterocycles. The van der Waals surface area contributed by atoms with E-state index in [2.05, 4.69) is 61.9 Å². The molecule has 0 atom stereocenters. The summed E-state index contributed by atoms with van der Waals surface area (Å²) in [5, 5.41) is 0.194. The number of hydrogen-bond acceptors (Lipinski definition) is 3. The van der Waals surface area contributed by atoms with E-state index in [1.807, 2.05) is 37.8 Å².